The number of aryl methyl sites for hydroxylation is 2. The zero-order valence-electron chi connectivity index (χ0n) is 10.5. The summed E-state index contributed by atoms with van der Waals surface area (Å²) in [5.41, 5.74) is -0.787. The number of pyridine rings is 1. The molecule has 0 amide bonds. The van der Waals surface area contributed by atoms with Gasteiger partial charge in [-0.3, -0.25) is 14.9 Å². The molecule has 2 aromatic rings. The van der Waals surface area contributed by atoms with E-state index in [2.05, 4.69) is 10.1 Å². The quantitative estimate of drug-likeness (QED) is 0.604. The Balaban J connectivity index is 2.38. The number of rotatable bonds is 4. The fourth-order valence-electron chi connectivity index (χ4n) is 1.64. The average molecular weight is 264 g/mol. The van der Waals surface area contributed by atoms with Crippen molar-refractivity contribution in [1.29, 1.82) is 0 Å². The Hall–Kier alpha value is -2.51. The molecule has 0 aromatic carbocycles. The molecule has 0 atom stereocenters. The first-order chi connectivity index (χ1) is 9.02. The molecular formula is C11H12N4O4. The van der Waals surface area contributed by atoms with Crippen molar-refractivity contribution in [2.24, 2.45) is 0 Å². The summed E-state index contributed by atoms with van der Waals surface area (Å²) in [6.07, 6.45) is 2.09. The number of hydrogen-bond acceptors (Lipinski definition) is 6. The summed E-state index contributed by atoms with van der Waals surface area (Å²) < 4.78 is 6.13. The van der Waals surface area contributed by atoms with Crippen LogP contribution in [0.4, 0.5) is 5.69 Å². The van der Waals surface area contributed by atoms with Crippen LogP contribution in [0.2, 0.25) is 0 Å². The molecule has 0 unspecified atom stereocenters. The predicted octanol–water partition coefficient (Wildman–Crippen LogP) is 1.06. The van der Waals surface area contributed by atoms with E-state index >= 15 is 0 Å². The van der Waals surface area contributed by atoms with Crippen LogP contribution in [0.5, 0.6) is 0 Å². The minimum absolute atomic E-state index is 0.0208. The molecule has 2 heterocycles. The molecule has 0 saturated heterocycles. The van der Waals surface area contributed by atoms with Gasteiger partial charge in [0, 0.05) is 18.2 Å². The van der Waals surface area contributed by atoms with Gasteiger partial charge in [-0.1, -0.05) is 12.1 Å². The standard InChI is InChI=1S/C11H12N4O4/c1-3-8-12-9(19-13-8)6-14-5-4-7(2)10(11(14)16)15(17)18/h4-5H,3,6H2,1-2H3. The normalized spacial score (nSPS) is 10.6. The highest BCUT2D eigenvalue weighted by atomic mass is 16.6. The maximum atomic E-state index is 11.9. The molecule has 0 radical (unpaired) electrons. The van der Waals surface area contributed by atoms with Crippen molar-refractivity contribution in [3.8, 4) is 0 Å². The third kappa shape index (κ3) is 2.51. The summed E-state index contributed by atoms with van der Waals surface area (Å²) in [4.78, 5) is 26.2. The molecule has 2 rings (SSSR count). The summed E-state index contributed by atoms with van der Waals surface area (Å²) in [6.45, 7) is 3.41. The van der Waals surface area contributed by atoms with Crippen molar-refractivity contribution in [3.63, 3.8) is 0 Å². The molecule has 0 aliphatic rings. The second kappa shape index (κ2) is 5.01. The molecule has 0 N–H and O–H groups in total. The van der Waals surface area contributed by atoms with Crippen LogP contribution >= 0.6 is 0 Å². The first kappa shape index (κ1) is 12.9. The van der Waals surface area contributed by atoms with Crippen molar-refractivity contribution < 1.29 is 9.45 Å². The Bertz CT molecular complexity index is 674. The lowest BCUT2D eigenvalue weighted by Crippen LogP contribution is -2.23. The molecule has 0 fully saturated rings. The van der Waals surface area contributed by atoms with E-state index in [0.717, 1.165) is 0 Å². The van der Waals surface area contributed by atoms with Crippen molar-refractivity contribution in [3.05, 3.63) is 50.0 Å². The summed E-state index contributed by atoms with van der Waals surface area (Å²) in [7, 11) is 0. The highest BCUT2D eigenvalue weighted by molar-refractivity contribution is 5.36. The molecule has 2 aromatic heterocycles. The van der Waals surface area contributed by atoms with Crippen LogP contribution in [0.15, 0.2) is 21.6 Å². The van der Waals surface area contributed by atoms with E-state index in [-0.39, 0.29) is 12.4 Å². The van der Waals surface area contributed by atoms with Crippen molar-refractivity contribution >= 4 is 5.69 Å². The van der Waals surface area contributed by atoms with Crippen LogP contribution in [0.1, 0.15) is 24.2 Å². The first-order valence-corrected chi connectivity index (χ1v) is 5.68. The van der Waals surface area contributed by atoms with Gasteiger partial charge in [-0.15, -0.1) is 0 Å². The number of hydrogen-bond donors (Lipinski definition) is 0. The molecule has 0 spiro atoms. The van der Waals surface area contributed by atoms with Crippen LogP contribution in [-0.2, 0) is 13.0 Å². The van der Waals surface area contributed by atoms with E-state index in [1.165, 1.54) is 23.8 Å². The van der Waals surface area contributed by atoms with Gasteiger partial charge in [-0.05, 0) is 13.0 Å². The fourth-order valence-corrected chi connectivity index (χ4v) is 1.64. The molecule has 0 aliphatic carbocycles. The van der Waals surface area contributed by atoms with E-state index in [1.807, 2.05) is 6.92 Å². The topological polar surface area (TPSA) is 104 Å². The number of nitrogens with zero attached hydrogens (tertiary/aromatic N) is 4. The Morgan fingerprint density at radius 2 is 2.26 bits per heavy atom. The Kier molecular flexibility index (Phi) is 3.41. The molecule has 8 heteroatoms. The van der Waals surface area contributed by atoms with Crippen LogP contribution in [0.25, 0.3) is 0 Å². The molecule has 100 valence electrons. The molecule has 0 aliphatic heterocycles. The van der Waals surface area contributed by atoms with Crippen LogP contribution in [-0.4, -0.2) is 19.6 Å². The van der Waals surface area contributed by atoms with E-state index in [0.29, 0.717) is 17.8 Å². The van der Waals surface area contributed by atoms with Gasteiger partial charge >= 0.3 is 11.2 Å². The van der Waals surface area contributed by atoms with E-state index in [4.69, 9.17) is 4.52 Å². The number of nitro groups is 1. The van der Waals surface area contributed by atoms with E-state index < -0.39 is 16.2 Å². The smallest absolute Gasteiger partial charge is 0.336 e. The van der Waals surface area contributed by atoms with Gasteiger partial charge in [0.15, 0.2) is 5.82 Å². The lowest BCUT2D eigenvalue weighted by molar-refractivity contribution is -0.387. The molecule has 8 nitrogen and oxygen atoms in total. The van der Waals surface area contributed by atoms with Gasteiger partial charge in [-0.2, -0.15) is 4.98 Å². The summed E-state index contributed by atoms with van der Waals surface area (Å²) in [6, 6.07) is 1.51. The summed E-state index contributed by atoms with van der Waals surface area (Å²) in [5.74, 6) is 0.779. The second-order valence-corrected chi connectivity index (χ2v) is 4.00. The van der Waals surface area contributed by atoms with Crippen LogP contribution in [0, 0.1) is 17.0 Å². The lowest BCUT2D eigenvalue weighted by Gasteiger charge is -2.03. The predicted molar refractivity (Wildman–Crippen MR) is 64.9 cm³/mol. The largest absolute Gasteiger partial charge is 0.337 e. The maximum absolute atomic E-state index is 11.9. The molecular weight excluding hydrogens is 252 g/mol. The van der Waals surface area contributed by atoms with Gasteiger partial charge in [0.05, 0.1) is 4.92 Å². The van der Waals surface area contributed by atoms with Crippen molar-refractivity contribution in [2.45, 2.75) is 26.8 Å². The third-order valence-corrected chi connectivity index (χ3v) is 2.66. The number of aromatic nitrogens is 3. The van der Waals surface area contributed by atoms with Crippen LogP contribution in [0.3, 0.4) is 0 Å². The average Bonchev–Trinajstić information content (AvgIpc) is 2.80. The third-order valence-electron chi connectivity index (χ3n) is 2.66. The van der Waals surface area contributed by atoms with Gasteiger partial charge in [-0.25, -0.2) is 0 Å². The Morgan fingerprint density at radius 3 is 2.84 bits per heavy atom. The van der Waals surface area contributed by atoms with Gasteiger partial charge in [0.25, 0.3) is 0 Å². The zero-order valence-corrected chi connectivity index (χ0v) is 10.5. The molecule has 19 heavy (non-hydrogen) atoms. The summed E-state index contributed by atoms with van der Waals surface area (Å²) >= 11 is 0. The SMILES string of the molecule is CCc1noc(Cn2ccc(C)c([N+](=O)[O-])c2=O)n1. The minimum Gasteiger partial charge on any atom is -0.337 e. The first-order valence-electron chi connectivity index (χ1n) is 5.68. The summed E-state index contributed by atoms with van der Waals surface area (Å²) in [5, 5.41) is 14.5. The minimum atomic E-state index is -0.681. The van der Waals surface area contributed by atoms with E-state index in [9.17, 15) is 14.9 Å². The van der Waals surface area contributed by atoms with Crippen molar-refractivity contribution in [1.82, 2.24) is 14.7 Å². The van der Waals surface area contributed by atoms with Gasteiger partial charge in [0.2, 0.25) is 5.89 Å². The lowest BCUT2D eigenvalue weighted by atomic mass is 10.2. The second-order valence-electron chi connectivity index (χ2n) is 4.00. The van der Waals surface area contributed by atoms with Gasteiger partial charge in [0.1, 0.15) is 6.54 Å². The van der Waals surface area contributed by atoms with Gasteiger partial charge < -0.3 is 9.09 Å². The highest BCUT2D eigenvalue weighted by Crippen LogP contribution is 2.11. The Morgan fingerprint density at radius 1 is 1.53 bits per heavy atom. The van der Waals surface area contributed by atoms with E-state index in [1.54, 1.807) is 0 Å². The fraction of sp³-hybridized carbons (Fsp3) is 0.364. The highest BCUT2D eigenvalue weighted by Gasteiger charge is 2.19. The molecule has 0 saturated carbocycles. The monoisotopic (exact) mass is 264 g/mol. The maximum Gasteiger partial charge on any atom is 0.336 e. The Labute approximate surface area is 107 Å². The van der Waals surface area contributed by atoms with Crippen molar-refractivity contribution in [2.75, 3.05) is 0 Å². The van der Waals surface area contributed by atoms with Crippen LogP contribution < -0.4 is 5.56 Å². The molecule has 0 bridgehead atoms. The zero-order chi connectivity index (χ0) is 14.0.